The minimum Gasteiger partial charge on any atom is -0.489 e. The van der Waals surface area contributed by atoms with Crippen LogP contribution in [-0.4, -0.2) is 47.4 Å². The van der Waals surface area contributed by atoms with E-state index in [4.69, 9.17) is 14.2 Å². The summed E-state index contributed by atoms with van der Waals surface area (Å²) in [5, 5.41) is 9.39. The summed E-state index contributed by atoms with van der Waals surface area (Å²) in [6, 6.07) is 14.5. The lowest BCUT2D eigenvalue weighted by molar-refractivity contribution is 0.0164. The van der Waals surface area contributed by atoms with Crippen molar-refractivity contribution in [1.82, 2.24) is 4.90 Å². The van der Waals surface area contributed by atoms with Gasteiger partial charge in [0.25, 0.3) is 0 Å². The van der Waals surface area contributed by atoms with Crippen LogP contribution in [0.4, 0.5) is 4.79 Å². The van der Waals surface area contributed by atoms with E-state index in [1.807, 2.05) is 58.0 Å². The van der Waals surface area contributed by atoms with Crippen LogP contribution in [0.2, 0.25) is 0 Å². The number of likely N-dealkylation sites (tertiary alicyclic amines) is 1. The van der Waals surface area contributed by atoms with Crippen LogP contribution in [0.5, 0.6) is 11.5 Å². The molecule has 33 heavy (non-hydrogen) atoms. The summed E-state index contributed by atoms with van der Waals surface area (Å²) in [7, 11) is 0. The van der Waals surface area contributed by atoms with Crippen LogP contribution in [-0.2, 0) is 4.74 Å². The third-order valence-electron chi connectivity index (χ3n) is 5.50. The number of aromatic carboxylic acids is 1. The molecule has 2 aromatic rings. The van der Waals surface area contributed by atoms with Crippen LogP contribution < -0.4 is 9.47 Å². The van der Waals surface area contributed by atoms with Crippen LogP contribution in [0.25, 0.3) is 0 Å². The van der Waals surface area contributed by atoms with E-state index < -0.39 is 11.6 Å². The summed E-state index contributed by atoms with van der Waals surface area (Å²) < 4.78 is 17.6. The molecule has 1 N–H and O–H groups in total. The highest BCUT2D eigenvalue weighted by Gasteiger charge is 2.27. The molecule has 0 spiro atoms. The monoisotopic (exact) mass is 455 g/mol. The molecule has 178 valence electrons. The summed E-state index contributed by atoms with van der Waals surface area (Å²) in [5.41, 5.74) is 0.643. The first-order valence-corrected chi connectivity index (χ1v) is 11.3. The highest BCUT2D eigenvalue weighted by Crippen LogP contribution is 2.33. The van der Waals surface area contributed by atoms with Crippen molar-refractivity contribution in [2.24, 2.45) is 5.92 Å². The number of carboxylic acid groups (broad SMARTS) is 1. The molecule has 1 heterocycles. The van der Waals surface area contributed by atoms with E-state index in [1.54, 1.807) is 11.0 Å². The summed E-state index contributed by atoms with van der Waals surface area (Å²) in [5.74, 6) is 0.138. The topological polar surface area (TPSA) is 85.3 Å². The predicted molar refractivity (Wildman–Crippen MR) is 125 cm³/mol. The van der Waals surface area contributed by atoms with Crippen LogP contribution in [0.3, 0.4) is 0 Å². The number of hydrogen-bond donors (Lipinski definition) is 1. The van der Waals surface area contributed by atoms with Crippen molar-refractivity contribution in [3.05, 3.63) is 59.7 Å². The Balaban J connectivity index is 1.62. The lowest BCUT2D eigenvalue weighted by Gasteiger charge is -2.33. The van der Waals surface area contributed by atoms with E-state index in [2.05, 4.69) is 0 Å². The molecule has 7 heteroatoms. The van der Waals surface area contributed by atoms with E-state index in [0.717, 1.165) is 18.4 Å². The van der Waals surface area contributed by atoms with Gasteiger partial charge in [0.15, 0.2) is 11.5 Å². The van der Waals surface area contributed by atoms with Crippen molar-refractivity contribution in [2.45, 2.75) is 52.2 Å². The molecule has 0 bridgehead atoms. The van der Waals surface area contributed by atoms with E-state index in [1.165, 1.54) is 12.1 Å². The quantitative estimate of drug-likeness (QED) is 0.589. The molecule has 7 nitrogen and oxygen atoms in total. The largest absolute Gasteiger partial charge is 0.489 e. The molecule has 3 rings (SSSR count). The molecule has 0 radical (unpaired) electrons. The molecule has 1 amide bonds. The second kappa shape index (κ2) is 10.6. The van der Waals surface area contributed by atoms with E-state index in [-0.39, 0.29) is 23.7 Å². The fourth-order valence-corrected chi connectivity index (χ4v) is 3.65. The zero-order valence-electron chi connectivity index (χ0n) is 19.7. The summed E-state index contributed by atoms with van der Waals surface area (Å²) in [6.07, 6.45) is 1.06. The second-order valence-electron chi connectivity index (χ2n) is 9.36. The Labute approximate surface area is 195 Å². The first kappa shape index (κ1) is 24.4. The second-order valence-corrected chi connectivity index (χ2v) is 9.36. The zero-order valence-corrected chi connectivity index (χ0v) is 19.7. The molecule has 2 aromatic carbocycles. The van der Waals surface area contributed by atoms with Gasteiger partial charge in [0.05, 0.1) is 12.2 Å². The van der Waals surface area contributed by atoms with Crippen LogP contribution >= 0.6 is 0 Å². The van der Waals surface area contributed by atoms with Gasteiger partial charge in [0, 0.05) is 13.1 Å². The highest BCUT2D eigenvalue weighted by atomic mass is 16.6. The third-order valence-corrected chi connectivity index (χ3v) is 5.50. The fraction of sp³-hybridized carbons (Fsp3) is 0.462. The first-order valence-electron chi connectivity index (χ1n) is 11.3. The average molecular weight is 456 g/mol. The van der Waals surface area contributed by atoms with Crippen molar-refractivity contribution in [1.29, 1.82) is 0 Å². The molecular formula is C26H33NO6. The summed E-state index contributed by atoms with van der Waals surface area (Å²) in [4.78, 5) is 25.5. The van der Waals surface area contributed by atoms with Crippen molar-refractivity contribution in [2.75, 3.05) is 19.7 Å². The molecule has 1 aliphatic heterocycles. The molecule has 0 aromatic heterocycles. The van der Waals surface area contributed by atoms with Crippen molar-refractivity contribution < 1.29 is 28.9 Å². The Kier molecular flexibility index (Phi) is 7.84. The van der Waals surface area contributed by atoms with Gasteiger partial charge < -0.3 is 24.2 Å². The van der Waals surface area contributed by atoms with Gasteiger partial charge >= 0.3 is 12.1 Å². The lowest BCUT2D eigenvalue weighted by Crippen LogP contribution is -2.42. The Bertz CT molecular complexity index is 945. The third kappa shape index (κ3) is 7.14. The van der Waals surface area contributed by atoms with Crippen molar-refractivity contribution in [3.8, 4) is 11.5 Å². The highest BCUT2D eigenvalue weighted by molar-refractivity contribution is 5.88. The van der Waals surface area contributed by atoms with Gasteiger partial charge in [-0.25, -0.2) is 9.59 Å². The maximum absolute atomic E-state index is 12.3. The molecular weight excluding hydrogens is 422 g/mol. The Hall–Kier alpha value is -3.22. The van der Waals surface area contributed by atoms with Gasteiger partial charge in [-0.1, -0.05) is 30.3 Å². The Morgan fingerprint density at radius 3 is 2.33 bits per heavy atom. The number of hydrogen-bond acceptors (Lipinski definition) is 5. The maximum Gasteiger partial charge on any atom is 0.410 e. The van der Waals surface area contributed by atoms with Gasteiger partial charge in [0.2, 0.25) is 0 Å². The van der Waals surface area contributed by atoms with E-state index in [0.29, 0.717) is 31.2 Å². The standard InChI is InChI=1S/C26H33NO6/c1-18(20-8-6-5-7-9-20)32-22-11-10-21(24(28)29)16-23(22)31-17-19-12-14-27(15-13-19)25(30)33-26(2,3)4/h5-11,16,18-19H,12-15,17H2,1-4H3,(H,28,29). The lowest BCUT2D eigenvalue weighted by atomic mass is 9.98. The maximum atomic E-state index is 12.3. The smallest absolute Gasteiger partial charge is 0.410 e. The number of nitrogens with zero attached hydrogens (tertiary/aromatic N) is 1. The molecule has 0 aliphatic carbocycles. The Morgan fingerprint density at radius 2 is 1.73 bits per heavy atom. The van der Waals surface area contributed by atoms with Crippen LogP contribution in [0.1, 0.15) is 62.6 Å². The van der Waals surface area contributed by atoms with Gasteiger partial charge in [-0.3, -0.25) is 0 Å². The summed E-state index contributed by atoms with van der Waals surface area (Å²) >= 11 is 0. The number of carbonyl (C=O) groups excluding carboxylic acids is 1. The SMILES string of the molecule is CC(Oc1ccc(C(=O)O)cc1OCC1CCN(C(=O)OC(C)(C)C)CC1)c1ccccc1. The van der Waals surface area contributed by atoms with Crippen molar-refractivity contribution in [3.63, 3.8) is 0 Å². The number of rotatable bonds is 7. The number of ether oxygens (including phenoxy) is 3. The Morgan fingerprint density at radius 1 is 1.06 bits per heavy atom. The summed E-state index contributed by atoms with van der Waals surface area (Å²) in [6.45, 7) is 9.13. The molecule has 1 fully saturated rings. The fourth-order valence-electron chi connectivity index (χ4n) is 3.65. The number of benzene rings is 2. The van der Waals surface area contributed by atoms with Crippen LogP contribution in [0, 0.1) is 5.92 Å². The number of piperidine rings is 1. The molecule has 1 aliphatic rings. The molecule has 1 unspecified atom stereocenters. The number of amides is 1. The molecule has 0 saturated carbocycles. The minimum atomic E-state index is -1.02. The van der Waals surface area contributed by atoms with E-state index in [9.17, 15) is 14.7 Å². The van der Waals surface area contributed by atoms with Gasteiger partial charge in [0.1, 0.15) is 11.7 Å². The van der Waals surface area contributed by atoms with Crippen LogP contribution in [0.15, 0.2) is 48.5 Å². The zero-order chi connectivity index (χ0) is 24.0. The van der Waals surface area contributed by atoms with E-state index >= 15 is 0 Å². The molecule has 1 atom stereocenters. The number of carbonyl (C=O) groups is 2. The number of carboxylic acids is 1. The predicted octanol–water partition coefficient (Wildman–Crippen LogP) is 5.55. The average Bonchev–Trinajstić information content (AvgIpc) is 2.78. The van der Waals surface area contributed by atoms with Gasteiger partial charge in [-0.2, -0.15) is 0 Å². The first-order chi connectivity index (χ1) is 15.6. The normalized spacial score (nSPS) is 15.6. The molecule has 1 saturated heterocycles. The minimum absolute atomic E-state index is 0.143. The van der Waals surface area contributed by atoms with Gasteiger partial charge in [-0.05, 0) is 70.2 Å². The van der Waals surface area contributed by atoms with Gasteiger partial charge in [-0.15, -0.1) is 0 Å². The van der Waals surface area contributed by atoms with Crippen molar-refractivity contribution >= 4 is 12.1 Å².